The second-order valence-corrected chi connectivity index (χ2v) is 6.93. The summed E-state index contributed by atoms with van der Waals surface area (Å²) in [6, 6.07) is 14.3. The quantitative estimate of drug-likeness (QED) is 0.794. The van der Waals surface area contributed by atoms with E-state index in [1.165, 1.54) is 0 Å². The van der Waals surface area contributed by atoms with Gasteiger partial charge in [-0.3, -0.25) is 9.59 Å². The van der Waals surface area contributed by atoms with E-state index in [1.54, 1.807) is 48.5 Å². The molecule has 0 atom stereocenters. The number of hydrogen-bond acceptors (Lipinski definition) is 3. The lowest BCUT2D eigenvalue weighted by molar-refractivity contribution is -0.123. The van der Waals surface area contributed by atoms with Crippen LogP contribution < -0.4 is 10.1 Å². The number of nitrogens with one attached hydrogen (secondary N) is 1. The summed E-state index contributed by atoms with van der Waals surface area (Å²) in [4.78, 5) is 22.8. The Kier molecular flexibility index (Phi) is 5.62. The maximum Gasteiger partial charge on any atom is 0.229 e. The lowest BCUT2D eigenvalue weighted by Crippen LogP contribution is -2.27. The van der Waals surface area contributed by atoms with Gasteiger partial charge in [-0.25, -0.2) is 0 Å². The highest BCUT2D eigenvalue weighted by Crippen LogP contribution is 2.24. The Labute approximate surface area is 146 Å². The summed E-state index contributed by atoms with van der Waals surface area (Å²) >= 11 is 5.36. The van der Waals surface area contributed by atoms with Crippen LogP contribution >= 0.6 is 11.6 Å². The molecule has 5 heteroatoms. The lowest BCUT2D eigenvalue weighted by atomic mass is 9.95. The first-order valence-corrected chi connectivity index (χ1v) is 7.98. The molecule has 24 heavy (non-hydrogen) atoms. The largest absolute Gasteiger partial charge is 0.457 e. The van der Waals surface area contributed by atoms with Crippen molar-refractivity contribution in [2.24, 2.45) is 5.41 Å². The van der Waals surface area contributed by atoms with Crippen LogP contribution in [0.15, 0.2) is 48.5 Å². The second-order valence-electron chi connectivity index (χ2n) is 6.51. The average molecular weight is 346 g/mol. The zero-order chi connectivity index (χ0) is 17.7. The average Bonchev–Trinajstić information content (AvgIpc) is 2.50. The van der Waals surface area contributed by atoms with Crippen molar-refractivity contribution in [3.8, 4) is 11.5 Å². The van der Waals surface area contributed by atoms with Gasteiger partial charge in [-0.15, -0.1) is 0 Å². The molecule has 4 nitrogen and oxygen atoms in total. The van der Waals surface area contributed by atoms with E-state index in [1.807, 2.05) is 20.8 Å². The summed E-state index contributed by atoms with van der Waals surface area (Å²) in [5.41, 5.74) is 1.11. The summed E-state index contributed by atoms with van der Waals surface area (Å²) in [6.45, 7) is 5.59. The van der Waals surface area contributed by atoms with Crippen LogP contribution in [0, 0.1) is 5.41 Å². The number of rotatable bonds is 5. The fourth-order valence-corrected chi connectivity index (χ4v) is 2.05. The van der Waals surface area contributed by atoms with Gasteiger partial charge in [0, 0.05) is 17.5 Å². The Morgan fingerprint density at radius 3 is 1.92 bits per heavy atom. The molecule has 0 bridgehead atoms. The van der Waals surface area contributed by atoms with Crippen LogP contribution in [0.25, 0.3) is 0 Å². The van der Waals surface area contributed by atoms with E-state index < -0.39 is 10.7 Å². The third-order valence-electron chi connectivity index (χ3n) is 3.30. The van der Waals surface area contributed by atoms with Gasteiger partial charge in [0.2, 0.25) is 11.1 Å². The molecule has 0 saturated heterocycles. The van der Waals surface area contributed by atoms with Gasteiger partial charge in [-0.2, -0.15) is 0 Å². The van der Waals surface area contributed by atoms with E-state index in [2.05, 4.69) is 5.32 Å². The van der Waals surface area contributed by atoms with Gasteiger partial charge < -0.3 is 10.1 Å². The summed E-state index contributed by atoms with van der Waals surface area (Å²) in [6.07, 6.45) is 0.198. The van der Waals surface area contributed by atoms with Crippen LogP contribution in [0.4, 0.5) is 5.69 Å². The Morgan fingerprint density at radius 2 is 1.46 bits per heavy atom. The highest BCUT2D eigenvalue weighted by molar-refractivity contribution is 6.63. The number of halogens is 1. The van der Waals surface area contributed by atoms with Gasteiger partial charge in [0.15, 0.2) is 0 Å². The van der Waals surface area contributed by atoms with E-state index >= 15 is 0 Å². The zero-order valence-electron chi connectivity index (χ0n) is 13.9. The number of benzene rings is 2. The number of amides is 1. The number of carbonyl (C=O) groups is 2. The van der Waals surface area contributed by atoms with Crippen molar-refractivity contribution >= 4 is 28.4 Å². The van der Waals surface area contributed by atoms with Crippen molar-refractivity contribution in [3.63, 3.8) is 0 Å². The molecule has 1 amide bonds. The van der Waals surface area contributed by atoms with Crippen LogP contribution in [0.2, 0.25) is 0 Å². The van der Waals surface area contributed by atoms with Crippen molar-refractivity contribution in [1.82, 2.24) is 0 Å². The number of anilines is 1. The minimum Gasteiger partial charge on any atom is -0.457 e. The van der Waals surface area contributed by atoms with Crippen LogP contribution in [0.3, 0.4) is 0 Å². The van der Waals surface area contributed by atoms with Crippen molar-refractivity contribution < 1.29 is 14.3 Å². The molecular weight excluding hydrogens is 326 g/mol. The van der Waals surface area contributed by atoms with Gasteiger partial charge in [0.05, 0.1) is 0 Å². The predicted octanol–water partition coefficient (Wildman–Crippen LogP) is 4.77. The maximum absolute atomic E-state index is 11.9. The van der Waals surface area contributed by atoms with Crippen LogP contribution in [0.1, 0.15) is 26.3 Å². The molecule has 1 N–H and O–H groups in total. The molecule has 0 aliphatic carbocycles. The Morgan fingerprint density at radius 1 is 0.958 bits per heavy atom. The summed E-state index contributed by atoms with van der Waals surface area (Å²) in [7, 11) is 0. The van der Waals surface area contributed by atoms with Gasteiger partial charge in [-0.05, 0) is 53.6 Å². The minimum atomic E-state index is -0.443. The molecule has 0 spiro atoms. The first-order chi connectivity index (χ1) is 11.2. The van der Waals surface area contributed by atoms with E-state index in [9.17, 15) is 9.59 Å². The molecule has 0 radical (unpaired) electrons. The predicted molar refractivity (Wildman–Crippen MR) is 95.6 cm³/mol. The van der Waals surface area contributed by atoms with Gasteiger partial charge in [0.1, 0.15) is 11.5 Å². The monoisotopic (exact) mass is 345 g/mol. The number of carbonyl (C=O) groups excluding carboxylic acids is 2. The normalized spacial score (nSPS) is 11.0. The smallest absolute Gasteiger partial charge is 0.229 e. The molecule has 0 aliphatic rings. The highest BCUT2D eigenvalue weighted by Gasteiger charge is 2.20. The number of ether oxygens (including phenoxy) is 1. The van der Waals surface area contributed by atoms with Crippen LogP contribution in [-0.4, -0.2) is 11.1 Å². The molecule has 0 aromatic heterocycles. The molecule has 2 aromatic carbocycles. The topological polar surface area (TPSA) is 55.4 Å². The molecular formula is C19H20ClNO3. The molecule has 2 aromatic rings. The van der Waals surface area contributed by atoms with Gasteiger partial charge in [0.25, 0.3) is 0 Å². The zero-order valence-corrected chi connectivity index (χ0v) is 14.7. The van der Waals surface area contributed by atoms with Crippen molar-refractivity contribution in [2.45, 2.75) is 27.2 Å². The molecule has 0 saturated carbocycles. The van der Waals surface area contributed by atoms with E-state index in [4.69, 9.17) is 16.3 Å². The first-order valence-electron chi connectivity index (χ1n) is 7.61. The van der Waals surface area contributed by atoms with Crippen molar-refractivity contribution in [3.05, 3.63) is 54.1 Å². The maximum atomic E-state index is 11.9. The SMILES string of the molecule is CC(C)(C)C(=O)Nc1ccc(Oc2ccc(CC(=O)Cl)cc2)cc1. The summed E-state index contributed by atoms with van der Waals surface area (Å²) in [5, 5.41) is 2.47. The second kappa shape index (κ2) is 7.49. The van der Waals surface area contributed by atoms with Crippen LogP contribution in [-0.2, 0) is 16.0 Å². The minimum absolute atomic E-state index is 0.0411. The summed E-state index contributed by atoms with van der Waals surface area (Å²) in [5.74, 6) is 1.28. The number of hydrogen-bond donors (Lipinski definition) is 1. The van der Waals surface area contributed by atoms with Crippen molar-refractivity contribution in [1.29, 1.82) is 0 Å². The van der Waals surface area contributed by atoms with E-state index in [-0.39, 0.29) is 12.3 Å². The van der Waals surface area contributed by atoms with E-state index in [0.717, 1.165) is 11.3 Å². The first kappa shape index (κ1) is 18.0. The molecule has 2 rings (SSSR count). The van der Waals surface area contributed by atoms with Crippen LogP contribution in [0.5, 0.6) is 11.5 Å². The Hall–Kier alpha value is -2.33. The fourth-order valence-electron chi connectivity index (χ4n) is 1.90. The molecule has 0 heterocycles. The molecule has 126 valence electrons. The lowest BCUT2D eigenvalue weighted by Gasteiger charge is -2.17. The summed E-state index contributed by atoms with van der Waals surface area (Å²) < 4.78 is 5.73. The third-order valence-corrected chi connectivity index (χ3v) is 3.43. The third kappa shape index (κ3) is 5.39. The van der Waals surface area contributed by atoms with Gasteiger partial charge in [-0.1, -0.05) is 32.9 Å². The van der Waals surface area contributed by atoms with Crippen molar-refractivity contribution in [2.75, 3.05) is 5.32 Å². The standard InChI is InChI=1S/C19H20ClNO3/c1-19(2,3)18(23)21-14-6-10-16(11-7-14)24-15-8-4-13(5-9-15)12-17(20)22/h4-11H,12H2,1-3H3,(H,21,23). The Balaban J connectivity index is 1.98. The molecule has 0 fully saturated rings. The Bertz CT molecular complexity index is 716. The highest BCUT2D eigenvalue weighted by atomic mass is 35.5. The molecule has 0 unspecified atom stereocenters. The van der Waals surface area contributed by atoms with Gasteiger partial charge >= 0.3 is 0 Å². The fraction of sp³-hybridized carbons (Fsp3) is 0.263. The molecule has 0 aliphatic heterocycles. The van der Waals surface area contributed by atoms with E-state index in [0.29, 0.717) is 11.5 Å².